The minimum Gasteiger partial charge on any atom is -0.479 e. The van der Waals surface area contributed by atoms with Crippen LogP contribution in [-0.4, -0.2) is 55.5 Å². The van der Waals surface area contributed by atoms with E-state index < -0.39 is 30.1 Å². The van der Waals surface area contributed by atoms with Crippen LogP contribution in [0.25, 0.3) is 11.1 Å². The summed E-state index contributed by atoms with van der Waals surface area (Å²) in [6.45, 7) is 3.40. The smallest absolute Gasteiger partial charge is 0.407 e. The van der Waals surface area contributed by atoms with Crippen LogP contribution in [0.3, 0.4) is 0 Å². The number of methoxy groups -OCH3 is 1. The second kappa shape index (κ2) is 11.3. The van der Waals surface area contributed by atoms with Gasteiger partial charge in [-0.05, 0) is 28.7 Å². The molecular formula is C24H26N2O7. The molecule has 2 unspecified atom stereocenters. The molecule has 0 saturated heterocycles. The molecule has 1 aliphatic carbocycles. The molecule has 0 bridgehead atoms. The molecule has 0 radical (unpaired) electrons. The average molecular weight is 454 g/mol. The number of rotatable bonds is 11. The van der Waals surface area contributed by atoms with Crippen LogP contribution in [-0.2, 0) is 23.9 Å². The monoisotopic (exact) mass is 454 g/mol. The second-order valence-corrected chi connectivity index (χ2v) is 7.41. The number of benzene rings is 2. The number of carboxylic acid groups (broad SMARTS) is 1. The average Bonchev–Trinajstić information content (AvgIpc) is 3.13. The molecule has 0 aromatic heterocycles. The first-order valence-electron chi connectivity index (χ1n) is 10.4. The fourth-order valence-electron chi connectivity index (χ4n) is 3.69. The van der Waals surface area contributed by atoms with E-state index in [1.54, 1.807) is 0 Å². The van der Waals surface area contributed by atoms with Gasteiger partial charge in [-0.2, -0.15) is 0 Å². The number of carbonyl (C=O) groups is 3. The van der Waals surface area contributed by atoms with Crippen molar-refractivity contribution in [1.29, 1.82) is 0 Å². The fourth-order valence-corrected chi connectivity index (χ4v) is 3.69. The third kappa shape index (κ3) is 5.76. The SMILES string of the molecule is C=CCC(NC(=O)OCC1c2ccccc2-c2ccccc21)C(=O)NOC(COC)C(=O)O. The highest BCUT2D eigenvalue weighted by Gasteiger charge is 2.30. The topological polar surface area (TPSA) is 123 Å². The van der Waals surface area contributed by atoms with E-state index in [-0.39, 0.29) is 25.6 Å². The van der Waals surface area contributed by atoms with E-state index in [1.807, 2.05) is 54.0 Å². The van der Waals surface area contributed by atoms with Crippen LogP contribution < -0.4 is 10.8 Å². The molecule has 1 aliphatic rings. The minimum atomic E-state index is -1.39. The summed E-state index contributed by atoms with van der Waals surface area (Å²) in [4.78, 5) is 40.8. The van der Waals surface area contributed by atoms with Gasteiger partial charge < -0.3 is 19.9 Å². The van der Waals surface area contributed by atoms with Gasteiger partial charge in [0.05, 0.1) is 6.61 Å². The maximum absolute atomic E-state index is 12.5. The van der Waals surface area contributed by atoms with Gasteiger partial charge in [0.25, 0.3) is 5.91 Å². The zero-order valence-electron chi connectivity index (χ0n) is 18.2. The number of ether oxygens (including phenoxy) is 2. The molecule has 3 rings (SSSR count). The van der Waals surface area contributed by atoms with Crippen molar-refractivity contribution in [3.8, 4) is 11.1 Å². The predicted octanol–water partition coefficient (Wildman–Crippen LogP) is 2.62. The number of hydrogen-bond donors (Lipinski definition) is 3. The quantitative estimate of drug-likeness (QED) is 0.352. The van der Waals surface area contributed by atoms with Gasteiger partial charge in [-0.3, -0.25) is 9.63 Å². The Hall–Kier alpha value is -3.69. The molecule has 2 atom stereocenters. The summed E-state index contributed by atoms with van der Waals surface area (Å²) >= 11 is 0. The van der Waals surface area contributed by atoms with Crippen LogP contribution in [0.4, 0.5) is 4.79 Å². The van der Waals surface area contributed by atoms with Crippen molar-refractivity contribution >= 4 is 18.0 Å². The van der Waals surface area contributed by atoms with E-state index in [4.69, 9.17) is 19.4 Å². The maximum Gasteiger partial charge on any atom is 0.407 e. The lowest BCUT2D eigenvalue weighted by Crippen LogP contribution is -2.48. The lowest BCUT2D eigenvalue weighted by molar-refractivity contribution is -0.165. The summed E-state index contributed by atoms with van der Waals surface area (Å²) in [6.07, 6.45) is -0.650. The van der Waals surface area contributed by atoms with Crippen molar-refractivity contribution in [1.82, 2.24) is 10.8 Å². The Bertz CT molecular complexity index is 978. The lowest BCUT2D eigenvalue weighted by Gasteiger charge is -2.19. The van der Waals surface area contributed by atoms with Crippen molar-refractivity contribution < 1.29 is 33.8 Å². The number of carbonyl (C=O) groups excluding carboxylic acids is 2. The van der Waals surface area contributed by atoms with E-state index in [0.717, 1.165) is 22.3 Å². The molecule has 0 heterocycles. The first-order valence-corrected chi connectivity index (χ1v) is 10.4. The van der Waals surface area contributed by atoms with Gasteiger partial charge in [-0.25, -0.2) is 15.1 Å². The number of aliphatic carboxylic acids is 1. The zero-order chi connectivity index (χ0) is 23.8. The Morgan fingerprint density at radius 2 is 1.70 bits per heavy atom. The highest BCUT2D eigenvalue weighted by atomic mass is 16.7. The van der Waals surface area contributed by atoms with Gasteiger partial charge in [0.2, 0.25) is 6.10 Å². The summed E-state index contributed by atoms with van der Waals surface area (Å²) in [7, 11) is 1.31. The number of carboxylic acids is 1. The lowest BCUT2D eigenvalue weighted by atomic mass is 9.98. The molecule has 174 valence electrons. The predicted molar refractivity (Wildman–Crippen MR) is 119 cm³/mol. The number of amides is 2. The molecule has 3 N–H and O–H groups in total. The molecule has 0 aliphatic heterocycles. The summed E-state index contributed by atoms with van der Waals surface area (Å²) < 4.78 is 10.2. The summed E-state index contributed by atoms with van der Waals surface area (Å²) in [5.74, 6) is -2.17. The number of hydrogen-bond acceptors (Lipinski definition) is 6. The molecule has 33 heavy (non-hydrogen) atoms. The molecule has 2 amide bonds. The summed E-state index contributed by atoms with van der Waals surface area (Å²) in [6, 6.07) is 14.8. The van der Waals surface area contributed by atoms with Crippen LogP contribution >= 0.6 is 0 Å². The van der Waals surface area contributed by atoms with Gasteiger partial charge >= 0.3 is 12.1 Å². The fraction of sp³-hybridized carbons (Fsp3) is 0.292. The van der Waals surface area contributed by atoms with Crippen LogP contribution in [0.5, 0.6) is 0 Å². The van der Waals surface area contributed by atoms with Crippen molar-refractivity contribution in [3.63, 3.8) is 0 Å². The zero-order valence-corrected chi connectivity index (χ0v) is 18.2. The van der Waals surface area contributed by atoms with Crippen molar-refractivity contribution in [3.05, 3.63) is 72.3 Å². The van der Waals surface area contributed by atoms with Crippen molar-refractivity contribution in [2.45, 2.75) is 24.5 Å². The van der Waals surface area contributed by atoms with Crippen LogP contribution in [0.1, 0.15) is 23.5 Å². The molecule has 9 heteroatoms. The number of nitrogens with one attached hydrogen (secondary N) is 2. The molecule has 2 aromatic rings. The Balaban J connectivity index is 1.60. The van der Waals surface area contributed by atoms with Gasteiger partial charge in [0, 0.05) is 13.0 Å². The third-order valence-corrected chi connectivity index (χ3v) is 5.25. The van der Waals surface area contributed by atoms with E-state index in [2.05, 4.69) is 11.9 Å². The van der Waals surface area contributed by atoms with E-state index >= 15 is 0 Å². The largest absolute Gasteiger partial charge is 0.479 e. The highest BCUT2D eigenvalue weighted by molar-refractivity contribution is 5.85. The molecule has 2 aromatic carbocycles. The minimum absolute atomic E-state index is 0.0847. The van der Waals surface area contributed by atoms with Crippen LogP contribution in [0.15, 0.2) is 61.2 Å². The third-order valence-electron chi connectivity index (χ3n) is 5.25. The Morgan fingerprint density at radius 3 is 2.24 bits per heavy atom. The normalized spacial score (nSPS) is 13.8. The van der Waals surface area contributed by atoms with Crippen molar-refractivity contribution in [2.75, 3.05) is 20.3 Å². The maximum atomic E-state index is 12.5. The second-order valence-electron chi connectivity index (χ2n) is 7.41. The first kappa shape index (κ1) is 24.0. The van der Waals surface area contributed by atoms with E-state index in [1.165, 1.54) is 13.2 Å². The molecule has 0 spiro atoms. The van der Waals surface area contributed by atoms with Crippen molar-refractivity contribution in [2.24, 2.45) is 0 Å². The molecule has 9 nitrogen and oxygen atoms in total. The first-order chi connectivity index (χ1) is 16.0. The summed E-state index contributed by atoms with van der Waals surface area (Å²) in [5, 5.41) is 11.5. The number of alkyl carbamates (subject to hydrolysis) is 1. The Kier molecular flexibility index (Phi) is 8.17. The number of hydroxylamine groups is 1. The molecule has 0 fully saturated rings. The van der Waals surface area contributed by atoms with E-state index in [0.29, 0.717) is 0 Å². The van der Waals surface area contributed by atoms with Gasteiger partial charge in [0.1, 0.15) is 12.6 Å². The van der Waals surface area contributed by atoms with E-state index in [9.17, 15) is 14.4 Å². The Morgan fingerprint density at radius 1 is 1.09 bits per heavy atom. The summed E-state index contributed by atoms with van der Waals surface area (Å²) in [5.41, 5.74) is 6.39. The molecular weight excluding hydrogens is 428 g/mol. The van der Waals surface area contributed by atoms with Gasteiger partial charge in [0.15, 0.2) is 0 Å². The standard InChI is InChI=1S/C24H26N2O7/c1-3-8-20(22(27)26-33-21(14-31-2)23(28)29)25-24(30)32-13-19-17-11-6-4-9-15(17)16-10-5-7-12-18(16)19/h3-7,9-12,19-21H,1,8,13-14H2,2H3,(H,25,30)(H,26,27)(H,28,29). The van der Waals surface area contributed by atoms with Crippen LogP contribution in [0, 0.1) is 0 Å². The van der Waals surface area contributed by atoms with Crippen LogP contribution in [0.2, 0.25) is 0 Å². The number of fused-ring (bicyclic) bond motifs is 3. The van der Waals surface area contributed by atoms with Gasteiger partial charge in [-0.1, -0.05) is 54.6 Å². The van der Waals surface area contributed by atoms with Gasteiger partial charge in [-0.15, -0.1) is 6.58 Å². The Labute approximate surface area is 191 Å². The molecule has 0 saturated carbocycles. The highest BCUT2D eigenvalue weighted by Crippen LogP contribution is 2.44.